The lowest BCUT2D eigenvalue weighted by Crippen LogP contribution is -2.31. The van der Waals surface area contributed by atoms with Crippen LogP contribution >= 0.6 is 11.8 Å². The maximum Gasteiger partial charge on any atom is 0.272 e. The number of hydrogen-bond acceptors (Lipinski definition) is 5. The zero-order valence-corrected chi connectivity index (χ0v) is 16.8. The first-order valence-corrected chi connectivity index (χ1v) is 9.95. The lowest BCUT2D eigenvalue weighted by atomic mass is 10.1. The van der Waals surface area contributed by atoms with Gasteiger partial charge in [-0.05, 0) is 48.4 Å². The molecule has 1 aliphatic heterocycles. The van der Waals surface area contributed by atoms with Gasteiger partial charge in [0, 0.05) is 17.0 Å². The van der Waals surface area contributed by atoms with Crippen molar-refractivity contribution in [2.75, 3.05) is 4.90 Å². The van der Waals surface area contributed by atoms with Gasteiger partial charge in [-0.1, -0.05) is 48.2 Å². The van der Waals surface area contributed by atoms with Crippen molar-refractivity contribution < 1.29 is 14.5 Å². The van der Waals surface area contributed by atoms with Gasteiger partial charge < -0.3 is 0 Å². The van der Waals surface area contributed by atoms with E-state index in [-0.39, 0.29) is 11.3 Å². The highest BCUT2D eigenvalue weighted by Crippen LogP contribution is 2.42. The third kappa shape index (κ3) is 3.51. The molecule has 148 valence electrons. The molecule has 0 aliphatic carbocycles. The largest absolute Gasteiger partial charge is 0.272 e. The Labute approximate surface area is 177 Å². The van der Waals surface area contributed by atoms with E-state index in [1.54, 1.807) is 12.1 Å². The van der Waals surface area contributed by atoms with Gasteiger partial charge in [0.1, 0.15) is 0 Å². The van der Waals surface area contributed by atoms with Crippen LogP contribution in [0, 0.1) is 17.0 Å². The fourth-order valence-corrected chi connectivity index (χ4v) is 4.26. The van der Waals surface area contributed by atoms with Crippen LogP contribution in [0.25, 0.3) is 5.57 Å². The predicted octanol–water partition coefficient (Wildman–Crippen LogP) is 4.98. The molecule has 0 saturated carbocycles. The highest BCUT2D eigenvalue weighted by atomic mass is 32.2. The molecule has 1 heterocycles. The van der Waals surface area contributed by atoms with Crippen LogP contribution in [0.2, 0.25) is 0 Å². The molecule has 6 nitrogen and oxygen atoms in total. The summed E-state index contributed by atoms with van der Waals surface area (Å²) in [5.74, 6) is -0.849. The molecule has 0 bridgehead atoms. The molecule has 0 spiro atoms. The number of carbonyl (C=O) groups is 2. The molecule has 2 amide bonds. The number of hydrogen-bond donors (Lipinski definition) is 0. The molecular formula is C23H16N2O4S. The number of rotatable bonds is 5. The Morgan fingerprint density at radius 3 is 2.10 bits per heavy atom. The van der Waals surface area contributed by atoms with Gasteiger partial charge in [0.25, 0.3) is 17.5 Å². The number of anilines is 1. The minimum Gasteiger partial charge on any atom is -0.268 e. The Hall–Kier alpha value is -3.71. The average Bonchev–Trinajstić information content (AvgIpc) is 2.99. The van der Waals surface area contributed by atoms with Crippen molar-refractivity contribution in [1.82, 2.24) is 0 Å². The molecule has 0 unspecified atom stereocenters. The number of nitrogens with zero attached hydrogens (tertiary/aromatic N) is 2. The summed E-state index contributed by atoms with van der Waals surface area (Å²) in [5, 5.41) is 11.0. The fourth-order valence-electron chi connectivity index (χ4n) is 3.25. The number of nitro groups is 1. The number of imide groups is 1. The standard InChI is InChI=1S/C23H16N2O4S/c1-15-7-5-6-10-19(15)24-22(26)20(16-11-13-17(14-12-16)25(28)29)21(23(24)27)30-18-8-3-2-4-9-18/h2-14H,1H3. The molecule has 4 rings (SSSR count). The number of aryl methyl sites for hydroxylation is 1. The van der Waals surface area contributed by atoms with E-state index in [4.69, 9.17) is 0 Å². The molecule has 0 atom stereocenters. The van der Waals surface area contributed by atoms with Crippen molar-refractivity contribution >= 4 is 40.5 Å². The van der Waals surface area contributed by atoms with E-state index < -0.39 is 16.7 Å². The summed E-state index contributed by atoms with van der Waals surface area (Å²) in [7, 11) is 0. The molecule has 7 heteroatoms. The molecule has 0 N–H and O–H groups in total. The first kappa shape index (κ1) is 19.6. The van der Waals surface area contributed by atoms with Crippen LogP contribution in [-0.4, -0.2) is 16.7 Å². The fraction of sp³-hybridized carbons (Fsp3) is 0.0435. The lowest BCUT2D eigenvalue weighted by Gasteiger charge is -2.17. The number of nitro benzene ring substituents is 1. The van der Waals surface area contributed by atoms with Gasteiger partial charge in [-0.25, -0.2) is 4.90 Å². The van der Waals surface area contributed by atoms with Crippen molar-refractivity contribution in [3.8, 4) is 0 Å². The summed E-state index contributed by atoms with van der Waals surface area (Å²) in [4.78, 5) is 39.5. The minimum atomic E-state index is -0.501. The van der Waals surface area contributed by atoms with Gasteiger partial charge in [-0.2, -0.15) is 0 Å². The Morgan fingerprint density at radius 2 is 1.47 bits per heavy atom. The Bertz CT molecular complexity index is 1190. The summed E-state index contributed by atoms with van der Waals surface area (Å²) >= 11 is 1.21. The second-order valence-electron chi connectivity index (χ2n) is 6.66. The maximum absolute atomic E-state index is 13.4. The van der Waals surface area contributed by atoms with E-state index in [0.29, 0.717) is 16.2 Å². The number of non-ortho nitro benzene ring substituents is 1. The third-order valence-electron chi connectivity index (χ3n) is 4.73. The second kappa shape index (κ2) is 7.96. The van der Waals surface area contributed by atoms with Crippen molar-refractivity contribution in [2.45, 2.75) is 11.8 Å². The highest BCUT2D eigenvalue weighted by Gasteiger charge is 2.41. The quantitative estimate of drug-likeness (QED) is 0.333. The van der Waals surface area contributed by atoms with E-state index in [1.165, 1.54) is 40.9 Å². The first-order chi connectivity index (χ1) is 14.5. The zero-order valence-electron chi connectivity index (χ0n) is 15.9. The molecule has 3 aromatic rings. The number of para-hydroxylation sites is 1. The van der Waals surface area contributed by atoms with Crippen LogP contribution in [0.1, 0.15) is 11.1 Å². The summed E-state index contributed by atoms with van der Waals surface area (Å²) in [5.41, 5.74) is 1.95. The van der Waals surface area contributed by atoms with Crippen LogP contribution in [0.3, 0.4) is 0 Å². The van der Waals surface area contributed by atoms with Crippen molar-refractivity contribution in [3.05, 3.63) is 105 Å². The topological polar surface area (TPSA) is 80.5 Å². The van der Waals surface area contributed by atoms with Gasteiger partial charge in [-0.3, -0.25) is 19.7 Å². The van der Waals surface area contributed by atoms with Gasteiger partial charge >= 0.3 is 0 Å². The Kier molecular flexibility index (Phi) is 5.20. The number of thioether (sulfide) groups is 1. The zero-order chi connectivity index (χ0) is 21.3. The summed E-state index contributed by atoms with van der Waals surface area (Å²) in [6.07, 6.45) is 0. The SMILES string of the molecule is Cc1ccccc1N1C(=O)C(Sc2ccccc2)=C(c2ccc([N+](=O)[O-])cc2)C1=O. The second-order valence-corrected chi connectivity index (χ2v) is 7.74. The van der Waals surface area contributed by atoms with Crippen LogP contribution in [0.4, 0.5) is 11.4 Å². The predicted molar refractivity (Wildman–Crippen MR) is 116 cm³/mol. The summed E-state index contributed by atoms with van der Waals surface area (Å²) < 4.78 is 0. The number of carbonyl (C=O) groups excluding carboxylic acids is 2. The molecule has 0 aromatic heterocycles. The molecule has 3 aromatic carbocycles. The summed E-state index contributed by atoms with van der Waals surface area (Å²) in [6, 6.07) is 22.2. The lowest BCUT2D eigenvalue weighted by molar-refractivity contribution is -0.384. The van der Waals surface area contributed by atoms with Gasteiger partial charge in [-0.15, -0.1) is 0 Å². The van der Waals surface area contributed by atoms with Crippen molar-refractivity contribution in [3.63, 3.8) is 0 Å². The van der Waals surface area contributed by atoms with Crippen molar-refractivity contribution in [1.29, 1.82) is 0 Å². The highest BCUT2D eigenvalue weighted by molar-refractivity contribution is 8.04. The molecule has 0 saturated heterocycles. The van der Waals surface area contributed by atoms with E-state index in [9.17, 15) is 19.7 Å². The van der Waals surface area contributed by atoms with E-state index >= 15 is 0 Å². The molecular weight excluding hydrogens is 400 g/mol. The van der Waals surface area contributed by atoms with Gasteiger partial charge in [0.2, 0.25) is 0 Å². The van der Waals surface area contributed by atoms with Crippen molar-refractivity contribution in [2.24, 2.45) is 0 Å². The maximum atomic E-state index is 13.4. The van der Waals surface area contributed by atoms with Crippen LogP contribution < -0.4 is 4.90 Å². The molecule has 1 aliphatic rings. The third-order valence-corrected chi connectivity index (χ3v) is 5.82. The number of benzene rings is 3. The van der Waals surface area contributed by atoms with E-state index in [0.717, 1.165) is 10.5 Å². The van der Waals surface area contributed by atoms with Gasteiger partial charge in [0.05, 0.1) is 21.1 Å². The van der Waals surface area contributed by atoms with E-state index in [1.807, 2.05) is 49.4 Å². The minimum absolute atomic E-state index is 0.0795. The monoisotopic (exact) mass is 416 g/mol. The Balaban J connectivity index is 1.83. The summed E-state index contributed by atoms with van der Waals surface area (Å²) in [6.45, 7) is 1.84. The Morgan fingerprint density at radius 1 is 0.833 bits per heavy atom. The molecule has 0 fully saturated rings. The molecule has 0 radical (unpaired) electrons. The van der Waals surface area contributed by atoms with Crippen LogP contribution in [0.15, 0.2) is 88.7 Å². The van der Waals surface area contributed by atoms with Crippen LogP contribution in [0.5, 0.6) is 0 Å². The first-order valence-electron chi connectivity index (χ1n) is 9.14. The molecule has 30 heavy (non-hydrogen) atoms. The number of amides is 2. The normalized spacial score (nSPS) is 13.8. The van der Waals surface area contributed by atoms with E-state index in [2.05, 4.69) is 0 Å². The average molecular weight is 416 g/mol. The van der Waals surface area contributed by atoms with Crippen LogP contribution in [-0.2, 0) is 9.59 Å². The van der Waals surface area contributed by atoms with Gasteiger partial charge in [0.15, 0.2) is 0 Å². The smallest absolute Gasteiger partial charge is 0.268 e.